The van der Waals surface area contributed by atoms with Gasteiger partial charge < -0.3 is 19.1 Å². The van der Waals surface area contributed by atoms with Crippen molar-refractivity contribution in [3.8, 4) is 17.2 Å². The highest BCUT2D eigenvalue weighted by atomic mass is 19.4. The van der Waals surface area contributed by atoms with Crippen LogP contribution in [0.1, 0.15) is 29.5 Å². The van der Waals surface area contributed by atoms with Gasteiger partial charge in [-0.3, -0.25) is 4.90 Å². The average molecular weight is 527 g/mol. The predicted molar refractivity (Wildman–Crippen MR) is 141 cm³/mol. The van der Waals surface area contributed by atoms with E-state index in [4.69, 9.17) is 14.2 Å². The van der Waals surface area contributed by atoms with Crippen molar-refractivity contribution < 1.29 is 27.4 Å². The van der Waals surface area contributed by atoms with Crippen LogP contribution < -0.4 is 19.1 Å². The van der Waals surface area contributed by atoms with Crippen LogP contribution in [-0.2, 0) is 19.1 Å². The minimum absolute atomic E-state index is 0.143. The molecule has 0 unspecified atom stereocenters. The molecular weight excluding hydrogens is 493 g/mol. The van der Waals surface area contributed by atoms with Crippen LogP contribution in [0.5, 0.6) is 17.2 Å². The molecule has 2 aliphatic heterocycles. The van der Waals surface area contributed by atoms with Crippen molar-refractivity contribution in [1.82, 2.24) is 4.90 Å². The Bertz CT molecular complexity index is 1190. The number of ether oxygens (including phenoxy) is 3. The highest BCUT2D eigenvalue weighted by Crippen LogP contribution is 2.41. The summed E-state index contributed by atoms with van der Waals surface area (Å²) in [4.78, 5) is 4.43. The van der Waals surface area contributed by atoms with Crippen molar-refractivity contribution in [2.24, 2.45) is 0 Å². The van der Waals surface area contributed by atoms with E-state index in [1.807, 2.05) is 53.4 Å². The predicted octanol–water partition coefficient (Wildman–Crippen LogP) is 6.20. The van der Waals surface area contributed by atoms with Crippen molar-refractivity contribution in [1.29, 1.82) is 0 Å². The first kappa shape index (κ1) is 26.2. The number of hydrogen-bond donors (Lipinski definition) is 0. The van der Waals surface area contributed by atoms with Gasteiger partial charge in [-0.2, -0.15) is 13.2 Å². The van der Waals surface area contributed by atoms with Crippen molar-refractivity contribution in [2.45, 2.75) is 38.0 Å². The molecule has 1 atom stereocenters. The van der Waals surface area contributed by atoms with Crippen molar-refractivity contribution in [3.63, 3.8) is 0 Å². The topological polar surface area (TPSA) is 34.2 Å². The number of nitrogens with zero attached hydrogens (tertiary/aromatic N) is 2. The van der Waals surface area contributed by atoms with Crippen molar-refractivity contribution in [2.75, 3.05) is 44.9 Å². The fourth-order valence-corrected chi connectivity index (χ4v) is 5.12. The summed E-state index contributed by atoms with van der Waals surface area (Å²) in [5.41, 5.74) is 1.82. The van der Waals surface area contributed by atoms with Gasteiger partial charge in [-0.1, -0.05) is 24.3 Å². The van der Waals surface area contributed by atoms with Gasteiger partial charge in [0.1, 0.15) is 30.5 Å². The molecule has 0 aromatic heterocycles. The van der Waals surface area contributed by atoms with Gasteiger partial charge in [-0.15, -0.1) is 0 Å². The second-order valence-corrected chi connectivity index (χ2v) is 9.87. The Labute approximate surface area is 221 Å². The third kappa shape index (κ3) is 6.35. The van der Waals surface area contributed by atoms with Crippen molar-refractivity contribution in [3.05, 3.63) is 83.4 Å². The molecule has 2 heterocycles. The summed E-state index contributed by atoms with van der Waals surface area (Å²) in [5, 5.41) is 0. The van der Waals surface area contributed by atoms with E-state index < -0.39 is 11.7 Å². The Balaban J connectivity index is 1.34. The fourth-order valence-electron chi connectivity index (χ4n) is 5.12. The zero-order valence-corrected chi connectivity index (χ0v) is 21.5. The van der Waals surface area contributed by atoms with Crippen molar-refractivity contribution >= 4 is 5.69 Å². The molecule has 1 fully saturated rings. The molecule has 2 aliphatic rings. The number of likely N-dealkylation sites (tertiary alicyclic amines) is 1. The van der Waals surface area contributed by atoms with Crippen LogP contribution in [-0.4, -0.2) is 50.9 Å². The zero-order chi connectivity index (χ0) is 26.5. The maximum Gasteiger partial charge on any atom is 0.416 e. The number of rotatable bonds is 9. The minimum Gasteiger partial charge on any atom is -0.497 e. The first-order chi connectivity index (χ1) is 18.4. The molecule has 1 saturated heterocycles. The Kier molecular flexibility index (Phi) is 7.98. The molecule has 0 spiro atoms. The number of fused-ring (bicyclic) bond motifs is 1. The molecule has 202 valence electrons. The lowest BCUT2D eigenvalue weighted by molar-refractivity contribution is -0.137. The van der Waals surface area contributed by atoms with E-state index in [1.165, 1.54) is 25.0 Å². The molecule has 0 radical (unpaired) electrons. The molecule has 3 aromatic rings. The van der Waals surface area contributed by atoms with Gasteiger partial charge >= 0.3 is 6.18 Å². The summed E-state index contributed by atoms with van der Waals surface area (Å²) in [6.45, 7) is 4.66. The van der Waals surface area contributed by atoms with E-state index in [1.54, 1.807) is 7.11 Å². The molecule has 0 N–H and O–H groups in total. The number of methoxy groups -OCH3 is 1. The molecule has 0 bridgehead atoms. The van der Waals surface area contributed by atoms with Gasteiger partial charge in [0, 0.05) is 13.1 Å². The first-order valence-electron chi connectivity index (χ1n) is 13.1. The standard InChI is InChI=1S/C30H33F3N2O3/c1-36-26-9-4-22(5-10-26)18-25-21-38-29-13-8-24(30(31,32)33)19-28(29)35(25)20-23-6-11-27(12-7-23)37-17-16-34-14-2-3-15-34/h4-13,19,25H,2-3,14-18,20-21H2,1H3/t25-/m0/s1. The average Bonchev–Trinajstić information content (AvgIpc) is 3.44. The fraction of sp³-hybridized carbons (Fsp3) is 0.400. The van der Waals surface area contributed by atoms with Gasteiger partial charge in [0.2, 0.25) is 0 Å². The molecule has 3 aromatic carbocycles. The molecular formula is C30H33F3N2O3. The highest BCUT2D eigenvalue weighted by molar-refractivity contribution is 5.63. The Morgan fingerprint density at radius 1 is 0.895 bits per heavy atom. The third-order valence-electron chi connectivity index (χ3n) is 7.25. The van der Waals surface area contributed by atoms with E-state index in [0.717, 1.165) is 48.3 Å². The summed E-state index contributed by atoms with van der Waals surface area (Å²) in [7, 11) is 1.62. The molecule has 5 rings (SSSR count). The van der Waals surface area contributed by atoms with E-state index in [2.05, 4.69) is 4.90 Å². The van der Waals surface area contributed by atoms with Crippen LogP contribution in [0, 0.1) is 0 Å². The van der Waals surface area contributed by atoms with Crippen LogP contribution in [0.15, 0.2) is 66.7 Å². The number of benzene rings is 3. The van der Waals surface area contributed by atoms with Gasteiger partial charge in [0.15, 0.2) is 0 Å². The number of alkyl halides is 3. The van der Waals surface area contributed by atoms with Gasteiger partial charge in [0.05, 0.1) is 24.4 Å². The minimum atomic E-state index is -4.43. The van der Waals surface area contributed by atoms with E-state index in [9.17, 15) is 13.2 Å². The van der Waals surface area contributed by atoms with E-state index in [0.29, 0.717) is 37.6 Å². The quantitative estimate of drug-likeness (QED) is 0.332. The monoisotopic (exact) mass is 526 g/mol. The van der Waals surface area contributed by atoms with Gasteiger partial charge in [-0.25, -0.2) is 0 Å². The normalized spacial score (nSPS) is 17.7. The molecule has 5 nitrogen and oxygen atoms in total. The number of halogens is 3. The Hall–Kier alpha value is -3.39. The second-order valence-electron chi connectivity index (χ2n) is 9.87. The van der Waals surface area contributed by atoms with Gasteiger partial charge in [-0.05, 0) is 85.9 Å². The lowest BCUT2D eigenvalue weighted by atomic mass is 10.0. The highest BCUT2D eigenvalue weighted by Gasteiger charge is 2.34. The number of hydrogen-bond acceptors (Lipinski definition) is 5. The maximum atomic E-state index is 13.6. The molecule has 0 amide bonds. The molecule has 38 heavy (non-hydrogen) atoms. The summed E-state index contributed by atoms with van der Waals surface area (Å²) in [5.74, 6) is 2.02. The second kappa shape index (κ2) is 11.6. The Morgan fingerprint density at radius 3 is 2.26 bits per heavy atom. The largest absolute Gasteiger partial charge is 0.497 e. The van der Waals surface area contributed by atoms with Crippen LogP contribution in [0.25, 0.3) is 0 Å². The number of anilines is 1. The summed E-state index contributed by atoms with van der Waals surface area (Å²) < 4.78 is 57.9. The molecule has 0 aliphatic carbocycles. The summed E-state index contributed by atoms with van der Waals surface area (Å²) >= 11 is 0. The Morgan fingerprint density at radius 2 is 1.58 bits per heavy atom. The maximum absolute atomic E-state index is 13.6. The van der Waals surface area contributed by atoms with Crippen LogP contribution in [0.2, 0.25) is 0 Å². The summed E-state index contributed by atoms with van der Waals surface area (Å²) in [6, 6.07) is 19.1. The first-order valence-corrected chi connectivity index (χ1v) is 13.1. The SMILES string of the molecule is COc1ccc(C[C@H]2COc3ccc(C(F)(F)F)cc3N2Cc2ccc(OCCN3CCCC3)cc2)cc1. The van der Waals surface area contributed by atoms with Crippen LogP contribution >= 0.6 is 0 Å². The van der Waals surface area contributed by atoms with Crippen LogP contribution in [0.4, 0.5) is 18.9 Å². The summed E-state index contributed by atoms with van der Waals surface area (Å²) in [6.07, 6.45) is -1.30. The lowest BCUT2D eigenvalue weighted by Gasteiger charge is -2.39. The van der Waals surface area contributed by atoms with Crippen LogP contribution in [0.3, 0.4) is 0 Å². The third-order valence-corrected chi connectivity index (χ3v) is 7.25. The van der Waals surface area contributed by atoms with E-state index in [-0.39, 0.29) is 6.04 Å². The molecule has 8 heteroatoms. The smallest absolute Gasteiger partial charge is 0.416 e. The molecule has 0 saturated carbocycles. The van der Waals surface area contributed by atoms with E-state index >= 15 is 0 Å². The zero-order valence-electron chi connectivity index (χ0n) is 21.5. The van der Waals surface area contributed by atoms with Gasteiger partial charge in [0.25, 0.3) is 0 Å². The lowest BCUT2D eigenvalue weighted by Crippen LogP contribution is -2.44.